The Balaban J connectivity index is 1.30. The van der Waals surface area contributed by atoms with Crippen molar-refractivity contribution in [2.75, 3.05) is 24.7 Å². The quantitative estimate of drug-likeness (QED) is 0.176. The average Bonchev–Trinajstić information content (AvgIpc) is 3.59. The van der Waals surface area contributed by atoms with Crippen molar-refractivity contribution in [1.82, 2.24) is 20.8 Å². The highest BCUT2D eigenvalue weighted by atomic mass is 32.2. The number of hydrogen-bond acceptors (Lipinski definition) is 9. The highest BCUT2D eigenvalue weighted by Gasteiger charge is 2.33. The fourth-order valence-electron chi connectivity index (χ4n) is 5.37. The molecular weight excluding hydrogens is 595 g/mol. The lowest BCUT2D eigenvalue weighted by molar-refractivity contribution is -0.118. The summed E-state index contributed by atoms with van der Waals surface area (Å²) in [5, 5.41) is 17.5. The van der Waals surface area contributed by atoms with E-state index in [1.807, 2.05) is 84.9 Å². The summed E-state index contributed by atoms with van der Waals surface area (Å²) in [4.78, 5) is 26.5. The van der Waals surface area contributed by atoms with Gasteiger partial charge in [-0.1, -0.05) is 102 Å². The highest BCUT2D eigenvalue weighted by molar-refractivity contribution is 8.01. The van der Waals surface area contributed by atoms with E-state index < -0.39 is 18.1 Å². The molecular formula is C33H37N5O4S2. The molecule has 2 amide bonds. The number of aryl methyl sites for hydroxylation is 1. The van der Waals surface area contributed by atoms with Crippen molar-refractivity contribution in [2.24, 2.45) is 0 Å². The molecule has 0 bridgehead atoms. The van der Waals surface area contributed by atoms with E-state index in [-0.39, 0.29) is 24.2 Å². The minimum absolute atomic E-state index is 0.0317. The van der Waals surface area contributed by atoms with Crippen LogP contribution >= 0.6 is 23.1 Å². The number of benzene rings is 3. The molecule has 4 aromatic rings. The standard InChI is InChI=1S/C33H37N5O4S2/c1-22-28(20-43-33-38-35-21-44-33)42-26(19-34-22)18-17-23-11-9-10-16-27(23)36-31(39)30(37-32(40)41-2)29(24-12-5-3-6-13-24)25-14-7-4-8-15-25/h3-16,21-22,26,28-30,34H,17-20H2,1-2H3,(H,36,39)(H,37,40)/t22-,26-,28-,30+/m1/s1. The van der Waals surface area contributed by atoms with Gasteiger partial charge in [-0.3, -0.25) is 4.79 Å². The molecule has 1 aliphatic heterocycles. The molecule has 0 unspecified atom stereocenters. The number of methoxy groups -OCH3 is 1. The van der Waals surface area contributed by atoms with Crippen LogP contribution < -0.4 is 16.0 Å². The summed E-state index contributed by atoms with van der Waals surface area (Å²) < 4.78 is 12.4. The van der Waals surface area contributed by atoms with Gasteiger partial charge in [-0.2, -0.15) is 0 Å². The van der Waals surface area contributed by atoms with Crippen LogP contribution in [0.25, 0.3) is 0 Å². The minimum atomic E-state index is -0.932. The van der Waals surface area contributed by atoms with Gasteiger partial charge in [0.1, 0.15) is 11.6 Å². The molecule has 4 atom stereocenters. The Labute approximate surface area is 266 Å². The molecule has 44 heavy (non-hydrogen) atoms. The molecule has 0 saturated carbocycles. The Hall–Kier alpha value is -3.77. The van der Waals surface area contributed by atoms with E-state index in [9.17, 15) is 9.59 Å². The highest BCUT2D eigenvalue weighted by Crippen LogP contribution is 2.30. The predicted octanol–water partition coefficient (Wildman–Crippen LogP) is 5.50. The summed E-state index contributed by atoms with van der Waals surface area (Å²) in [6.45, 7) is 2.90. The number of nitrogens with one attached hydrogen (secondary N) is 3. The molecule has 3 N–H and O–H groups in total. The first-order valence-corrected chi connectivity index (χ1v) is 16.5. The number of anilines is 1. The Bertz CT molecular complexity index is 1440. The third-order valence-corrected chi connectivity index (χ3v) is 9.66. The fourth-order valence-corrected chi connectivity index (χ4v) is 7.03. The van der Waals surface area contributed by atoms with Crippen LogP contribution in [0.2, 0.25) is 0 Å². The van der Waals surface area contributed by atoms with Gasteiger partial charge in [0.05, 0.1) is 19.3 Å². The van der Waals surface area contributed by atoms with Gasteiger partial charge in [-0.15, -0.1) is 10.2 Å². The van der Waals surface area contributed by atoms with Crippen molar-refractivity contribution in [3.05, 3.63) is 107 Å². The van der Waals surface area contributed by atoms with Crippen LogP contribution in [0.5, 0.6) is 0 Å². The third kappa shape index (κ3) is 8.44. The maximum Gasteiger partial charge on any atom is 0.407 e. The van der Waals surface area contributed by atoms with E-state index in [2.05, 4.69) is 33.1 Å². The zero-order chi connectivity index (χ0) is 30.7. The molecule has 0 aliphatic carbocycles. The summed E-state index contributed by atoms with van der Waals surface area (Å²) in [5.74, 6) is 0.0199. The van der Waals surface area contributed by atoms with E-state index in [1.165, 1.54) is 18.4 Å². The zero-order valence-corrected chi connectivity index (χ0v) is 26.4. The van der Waals surface area contributed by atoms with Crippen molar-refractivity contribution in [3.8, 4) is 0 Å². The van der Waals surface area contributed by atoms with Gasteiger partial charge in [-0.05, 0) is 42.5 Å². The number of carbonyl (C=O) groups excluding carboxylic acids is 2. The summed E-state index contributed by atoms with van der Waals surface area (Å²) in [7, 11) is 1.29. The second-order valence-corrected chi connectivity index (χ2v) is 12.7. The van der Waals surface area contributed by atoms with Crippen LogP contribution in [0, 0.1) is 0 Å². The van der Waals surface area contributed by atoms with Crippen LogP contribution in [0.4, 0.5) is 10.5 Å². The smallest absolute Gasteiger partial charge is 0.407 e. The maximum atomic E-state index is 14.0. The number of rotatable bonds is 12. The van der Waals surface area contributed by atoms with Crippen LogP contribution in [0.15, 0.2) is 94.8 Å². The van der Waals surface area contributed by atoms with Gasteiger partial charge >= 0.3 is 6.09 Å². The number of carbonyl (C=O) groups is 2. The molecule has 1 saturated heterocycles. The van der Waals surface area contributed by atoms with Crippen molar-refractivity contribution in [2.45, 2.75) is 54.3 Å². The lowest BCUT2D eigenvalue weighted by Gasteiger charge is -2.35. The number of nitrogens with zero attached hydrogens (tertiary/aromatic N) is 2. The van der Waals surface area contributed by atoms with Gasteiger partial charge < -0.3 is 25.4 Å². The lowest BCUT2D eigenvalue weighted by Crippen LogP contribution is -2.52. The predicted molar refractivity (Wildman–Crippen MR) is 174 cm³/mol. The first-order chi connectivity index (χ1) is 21.5. The summed E-state index contributed by atoms with van der Waals surface area (Å²) >= 11 is 3.20. The first-order valence-electron chi connectivity index (χ1n) is 14.6. The molecule has 5 rings (SSSR count). The van der Waals surface area contributed by atoms with Crippen molar-refractivity contribution in [3.63, 3.8) is 0 Å². The summed E-state index contributed by atoms with van der Waals surface area (Å²) in [6, 6.07) is 26.5. The van der Waals surface area contributed by atoms with Gasteiger partial charge in [0.25, 0.3) is 0 Å². The van der Waals surface area contributed by atoms with Gasteiger partial charge in [0, 0.05) is 29.9 Å². The van der Waals surface area contributed by atoms with Crippen molar-refractivity contribution >= 4 is 40.8 Å². The monoisotopic (exact) mass is 631 g/mol. The molecule has 2 heterocycles. The fraction of sp³-hybridized carbons (Fsp3) is 0.333. The number of ether oxygens (including phenoxy) is 2. The first kappa shape index (κ1) is 31.6. The van der Waals surface area contributed by atoms with Crippen LogP contribution in [-0.4, -0.2) is 65.9 Å². The summed E-state index contributed by atoms with van der Waals surface area (Å²) in [5.41, 5.74) is 5.24. The Morgan fingerprint density at radius 3 is 2.39 bits per heavy atom. The Morgan fingerprint density at radius 1 is 1.05 bits per heavy atom. The number of thioether (sulfide) groups is 1. The molecule has 0 radical (unpaired) electrons. The van der Waals surface area contributed by atoms with Crippen molar-refractivity contribution < 1.29 is 19.1 Å². The van der Waals surface area contributed by atoms with Gasteiger partial charge in [0.2, 0.25) is 5.91 Å². The van der Waals surface area contributed by atoms with E-state index in [0.29, 0.717) is 12.1 Å². The molecule has 230 valence electrons. The number of amides is 2. The number of aromatic nitrogens is 2. The normalized spacial score (nSPS) is 18.8. The Kier molecular flexibility index (Phi) is 11.4. The summed E-state index contributed by atoms with van der Waals surface area (Å²) in [6.07, 6.45) is 0.904. The zero-order valence-electron chi connectivity index (χ0n) is 24.7. The average molecular weight is 632 g/mol. The molecule has 1 aliphatic rings. The van der Waals surface area contributed by atoms with Crippen LogP contribution in [0.3, 0.4) is 0 Å². The number of morpholine rings is 1. The van der Waals surface area contributed by atoms with E-state index in [1.54, 1.807) is 17.3 Å². The molecule has 1 fully saturated rings. The molecule has 0 spiro atoms. The topological polar surface area (TPSA) is 114 Å². The second kappa shape index (κ2) is 15.8. The van der Waals surface area contributed by atoms with Gasteiger partial charge in [-0.25, -0.2) is 4.79 Å². The van der Waals surface area contributed by atoms with E-state index >= 15 is 0 Å². The SMILES string of the molecule is COC(=O)N[C@H](C(=O)Nc1ccccc1CC[C@@H]1CN[C@H](C)[C@@H](CSc2nncs2)O1)C(c1ccccc1)c1ccccc1. The lowest BCUT2D eigenvalue weighted by atomic mass is 9.84. The minimum Gasteiger partial charge on any atom is -0.453 e. The largest absolute Gasteiger partial charge is 0.453 e. The molecule has 11 heteroatoms. The molecule has 1 aromatic heterocycles. The van der Waals surface area contributed by atoms with E-state index in [0.717, 1.165) is 39.7 Å². The van der Waals surface area contributed by atoms with Crippen molar-refractivity contribution in [1.29, 1.82) is 0 Å². The maximum absolute atomic E-state index is 14.0. The van der Waals surface area contributed by atoms with Crippen LogP contribution in [-0.2, 0) is 20.7 Å². The molecule has 9 nitrogen and oxygen atoms in total. The second-order valence-electron chi connectivity index (χ2n) is 10.6. The van der Waals surface area contributed by atoms with Crippen LogP contribution in [0.1, 0.15) is 36.0 Å². The number of para-hydroxylation sites is 1. The number of hydrogen-bond donors (Lipinski definition) is 3. The molecule has 3 aromatic carbocycles. The number of alkyl carbamates (subject to hydrolysis) is 1. The van der Waals surface area contributed by atoms with E-state index in [4.69, 9.17) is 9.47 Å². The third-order valence-electron chi connectivity index (χ3n) is 7.71. The van der Waals surface area contributed by atoms with Gasteiger partial charge in [0.15, 0.2) is 4.34 Å². The Morgan fingerprint density at radius 2 is 1.73 bits per heavy atom.